The van der Waals surface area contributed by atoms with Crippen LogP contribution >= 0.6 is 11.8 Å². The summed E-state index contributed by atoms with van der Waals surface area (Å²) in [6.07, 6.45) is -5.04. The molecule has 1 amide bonds. The van der Waals surface area contributed by atoms with Crippen molar-refractivity contribution in [2.45, 2.75) is 28.9 Å². The van der Waals surface area contributed by atoms with Gasteiger partial charge in [-0.15, -0.1) is 0 Å². The van der Waals surface area contributed by atoms with Crippen LogP contribution in [0.3, 0.4) is 0 Å². The Labute approximate surface area is 173 Å². The third kappa shape index (κ3) is 5.03. The summed E-state index contributed by atoms with van der Waals surface area (Å²) in [4.78, 5) is 12.4. The fraction of sp³-hybridized carbons (Fsp3) is 0.350. The van der Waals surface area contributed by atoms with Crippen molar-refractivity contribution < 1.29 is 35.9 Å². The minimum absolute atomic E-state index is 0.00407. The summed E-state index contributed by atoms with van der Waals surface area (Å²) in [5.74, 6) is -2.63. The number of fused-ring (bicyclic) bond motifs is 1. The van der Waals surface area contributed by atoms with E-state index < -0.39 is 23.5 Å². The van der Waals surface area contributed by atoms with Crippen molar-refractivity contribution in [2.75, 3.05) is 20.2 Å². The molecule has 2 aromatic rings. The summed E-state index contributed by atoms with van der Waals surface area (Å²) in [5.41, 5.74) is -2.90. The molecule has 0 radical (unpaired) electrons. The van der Waals surface area contributed by atoms with Crippen molar-refractivity contribution in [1.29, 1.82) is 0 Å². The summed E-state index contributed by atoms with van der Waals surface area (Å²) in [7, 11) is 1.23. The standard InChI is InChI=1S/C20H17F6NO2S/c1-29-16-10-14-13(9-17(16)30-20(24,25)26)7-8-27(18(28)19(21,22)23)11-15(14)12-5-3-2-4-6-12/h2-6,9-10,15H,7-8,11H2,1H3. The molecule has 0 N–H and O–H groups in total. The van der Waals surface area contributed by atoms with E-state index in [-0.39, 0.29) is 41.9 Å². The maximum absolute atomic E-state index is 13.1. The highest BCUT2D eigenvalue weighted by Crippen LogP contribution is 2.45. The highest BCUT2D eigenvalue weighted by atomic mass is 32.2. The first-order valence-corrected chi connectivity index (χ1v) is 9.69. The number of carbonyl (C=O) groups excluding carboxylic acids is 1. The van der Waals surface area contributed by atoms with Crippen molar-refractivity contribution in [1.82, 2.24) is 4.90 Å². The number of nitrogens with zero attached hydrogens (tertiary/aromatic N) is 1. The molecule has 2 aromatic carbocycles. The molecule has 0 aliphatic carbocycles. The molecule has 1 aliphatic rings. The van der Waals surface area contributed by atoms with Gasteiger partial charge in [-0.2, -0.15) is 26.3 Å². The fourth-order valence-electron chi connectivity index (χ4n) is 3.52. The van der Waals surface area contributed by atoms with Crippen LogP contribution in [0, 0.1) is 0 Å². The fourth-order valence-corrected chi connectivity index (χ4v) is 4.22. The highest BCUT2D eigenvalue weighted by Gasteiger charge is 2.44. The lowest BCUT2D eigenvalue weighted by Gasteiger charge is -2.26. The van der Waals surface area contributed by atoms with Gasteiger partial charge in [-0.1, -0.05) is 30.3 Å². The van der Waals surface area contributed by atoms with E-state index in [9.17, 15) is 31.1 Å². The van der Waals surface area contributed by atoms with Gasteiger partial charge in [0, 0.05) is 19.0 Å². The first-order chi connectivity index (χ1) is 14.0. The quantitative estimate of drug-likeness (QED) is 0.465. The molecule has 1 atom stereocenters. The van der Waals surface area contributed by atoms with Crippen LogP contribution in [0.4, 0.5) is 26.3 Å². The zero-order valence-corrected chi connectivity index (χ0v) is 16.5. The van der Waals surface area contributed by atoms with E-state index in [1.165, 1.54) is 19.2 Å². The molecule has 0 saturated heterocycles. The number of hydrogen-bond donors (Lipinski definition) is 0. The molecule has 0 saturated carbocycles. The zero-order chi connectivity index (χ0) is 22.1. The second kappa shape index (κ2) is 8.41. The number of hydrogen-bond acceptors (Lipinski definition) is 3. The zero-order valence-electron chi connectivity index (χ0n) is 15.7. The van der Waals surface area contributed by atoms with Crippen LogP contribution in [0.1, 0.15) is 22.6 Å². The number of ether oxygens (including phenoxy) is 1. The first-order valence-electron chi connectivity index (χ1n) is 8.87. The van der Waals surface area contributed by atoms with E-state index in [4.69, 9.17) is 4.74 Å². The van der Waals surface area contributed by atoms with Gasteiger partial charge < -0.3 is 9.64 Å². The van der Waals surface area contributed by atoms with E-state index in [0.717, 1.165) is 0 Å². The van der Waals surface area contributed by atoms with Gasteiger partial charge in [0.05, 0.1) is 12.0 Å². The Hall–Kier alpha value is -2.36. The van der Waals surface area contributed by atoms with Crippen LogP contribution in [0.2, 0.25) is 0 Å². The van der Waals surface area contributed by atoms with Crippen molar-refractivity contribution in [3.63, 3.8) is 0 Å². The van der Waals surface area contributed by atoms with Gasteiger partial charge >= 0.3 is 17.6 Å². The predicted octanol–water partition coefficient (Wildman–Crippen LogP) is 5.39. The molecule has 10 heteroatoms. The van der Waals surface area contributed by atoms with Gasteiger partial charge in [0.25, 0.3) is 0 Å². The molecule has 1 aliphatic heterocycles. The largest absolute Gasteiger partial charge is 0.496 e. The van der Waals surface area contributed by atoms with Crippen molar-refractivity contribution in [2.24, 2.45) is 0 Å². The number of thioether (sulfide) groups is 1. The lowest BCUT2D eigenvalue weighted by atomic mass is 9.88. The molecule has 30 heavy (non-hydrogen) atoms. The second-order valence-corrected chi connectivity index (χ2v) is 7.82. The molecule has 3 nitrogen and oxygen atoms in total. The summed E-state index contributed by atoms with van der Waals surface area (Å²) in [6.45, 7) is -0.499. The number of amides is 1. The van der Waals surface area contributed by atoms with Gasteiger partial charge in [0.2, 0.25) is 0 Å². The molecular formula is C20H17F6NO2S. The molecule has 0 bridgehead atoms. The summed E-state index contributed by atoms with van der Waals surface area (Å²) in [6, 6.07) is 11.3. The molecule has 1 heterocycles. The molecular weight excluding hydrogens is 432 g/mol. The van der Waals surface area contributed by atoms with Crippen molar-refractivity contribution in [3.05, 3.63) is 59.2 Å². The Morgan fingerprint density at radius 1 is 1.10 bits per heavy atom. The summed E-state index contributed by atoms with van der Waals surface area (Å²) < 4.78 is 83.1. The number of methoxy groups -OCH3 is 1. The van der Waals surface area contributed by atoms with E-state index in [0.29, 0.717) is 21.6 Å². The number of halogens is 6. The number of rotatable bonds is 3. The van der Waals surface area contributed by atoms with Crippen LogP contribution in [0.5, 0.6) is 5.75 Å². The molecule has 162 valence electrons. The molecule has 1 unspecified atom stereocenters. The molecule has 3 rings (SSSR count). The van der Waals surface area contributed by atoms with E-state index in [2.05, 4.69) is 0 Å². The maximum Gasteiger partial charge on any atom is 0.471 e. The SMILES string of the molecule is COc1cc2c(cc1SC(F)(F)F)CCN(C(=O)C(F)(F)F)CC2c1ccccc1. The molecule has 0 fully saturated rings. The summed E-state index contributed by atoms with van der Waals surface area (Å²) >= 11 is -0.346. The van der Waals surface area contributed by atoms with Gasteiger partial charge in [-0.05, 0) is 47.0 Å². The minimum Gasteiger partial charge on any atom is -0.496 e. The minimum atomic E-state index is -5.03. The lowest BCUT2D eigenvalue weighted by molar-refractivity contribution is -0.185. The third-order valence-corrected chi connectivity index (χ3v) is 5.58. The van der Waals surface area contributed by atoms with Gasteiger partial charge in [-0.25, -0.2) is 0 Å². The number of carbonyl (C=O) groups is 1. The Balaban J connectivity index is 2.10. The maximum atomic E-state index is 13.1. The number of benzene rings is 2. The van der Waals surface area contributed by atoms with E-state index >= 15 is 0 Å². The van der Waals surface area contributed by atoms with Crippen LogP contribution < -0.4 is 4.74 Å². The third-order valence-electron chi connectivity index (χ3n) is 4.81. The smallest absolute Gasteiger partial charge is 0.471 e. The second-order valence-electron chi connectivity index (χ2n) is 6.71. The average Bonchev–Trinajstić information content (AvgIpc) is 2.85. The van der Waals surface area contributed by atoms with Gasteiger partial charge in [0.15, 0.2) is 0 Å². The van der Waals surface area contributed by atoms with E-state index in [1.807, 2.05) is 0 Å². The summed E-state index contributed by atoms with van der Waals surface area (Å²) in [5, 5.41) is 0. The number of alkyl halides is 6. The topological polar surface area (TPSA) is 29.5 Å². The van der Waals surface area contributed by atoms with Gasteiger partial charge in [-0.3, -0.25) is 4.79 Å². The Bertz CT molecular complexity index is 914. The lowest BCUT2D eigenvalue weighted by Crippen LogP contribution is -2.43. The van der Waals surface area contributed by atoms with Crippen molar-refractivity contribution >= 4 is 17.7 Å². The normalized spacial score (nSPS) is 17.3. The van der Waals surface area contributed by atoms with Gasteiger partial charge in [0.1, 0.15) is 5.75 Å². The molecule has 0 aromatic heterocycles. The average molecular weight is 449 g/mol. The van der Waals surface area contributed by atoms with Crippen LogP contribution in [0.25, 0.3) is 0 Å². The first kappa shape index (κ1) is 22.3. The monoisotopic (exact) mass is 449 g/mol. The Kier molecular flexibility index (Phi) is 6.26. The predicted molar refractivity (Wildman–Crippen MR) is 99.5 cm³/mol. The highest BCUT2D eigenvalue weighted by molar-refractivity contribution is 8.00. The molecule has 0 spiro atoms. The van der Waals surface area contributed by atoms with Crippen molar-refractivity contribution in [3.8, 4) is 5.75 Å². The Morgan fingerprint density at radius 2 is 1.77 bits per heavy atom. The van der Waals surface area contributed by atoms with Crippen LogP contribution in [-0.2, 0) is 11.2 Å². The van der Waals surface area contributed by atoms with Crippen LogP contribution in [-0.4, -0.2) is 42.7 Å². The van der Waals surface area contributed by atoms with Crippen LogP contribution in [0.15, 0.2) is 47.4 Å². The Morgan fingerprint density at radius 3 is 2.33 bits per heavy atom. The van der Waals surface area contributed by atoms with E-state index in [1.54, 1.807) is 30.3 Å².